The lowest BCUT2D eigenvalue weighted by Gasteiger charge is -2.12. The molecule has 0 aromatic carbocycles. The molecule has 0 spiro atoms. The van der Waals surface area contributed by atoms with Crippen LogP contribution >= 0.6 is 0 Å². The maximum atomic E-state index is 5.76. The van der Waals surface area contributed by atoms with Gasteiger partial charge in [0.2, 0.25) is 0 Å². The van der Waals surface area contributed by atoms with E-state index in [4.69, 9.17) is 9.47 Å². The Kier molecular flexibility index (Phi) is 3.76. The monoisotopic (exact) mass is 248 g/mol. The normalized spacial score (nSPS) is 23.2. The third-order valence-electron chi connectivity index (χ3n) is 3.40. The van der Waals surface area contributed by atoms with Crippen molar-refractivity contribution >= 4 is 0 Å². The number of hydrogen-bond acceptors (Lipinski definition) is 4. The average Bonchev–Trinajstić information content (AvgIpc) is 3.09. The van der Waals surface area contributed by atoms with Crippen LogP contribution in [0.5, 0.6) is 5.75 Å². The molecule has 2 heterocycles. The molecule has 98 valence electrons. The minimum Gasteiger partial charge on any atom is -0.491 e. The van der Waals surface area contributed by atoms with Crippen LogP contribution < -0.4 is 10.1 Å². The predicted octanol–water partition coefficient (Wildman–Crippen LogP) is 1.89. The lowest BCUT2D eigenvalue weighted by atomic mass is 10.2. The number of hydrogen-bond donors (Lipinski definition) is 1. The molecule has 0 bridgehead atoms. The van der Waals surface area contributed by atoms with Gasteiger partial charge in [0.25, 0.3) is 0 Å². The first-order chi connectivity index (χ1) is 8.90. The molecule has 2 aliphatic rings. The van der Waals surface area contributed by atoms with E-state index in [9.17, 15) is 0 Å². The van der Waals surface area contributed by atoms with E-state index in [-0.39, 0.29) is 6.10 Å². The van der Waals surface area contributed by atoms with Crippen LogP contribution in [0.3, 0.4) is 0 Å². The summed E-state index contributed by atoms with van der Waals surface area (Å²) in [6.45, 7) is 2.36. The second-order valence-corrected chi connectivity index (χ2v) is 5.08. The molecule has 1 saturated heterocycles. The Hall–Kier alpha value is -1.13. The Labute approximate surface area is 108 Å². The van der Waals surface area contributed by atoms with Crippen molar-refractivity contribution < 1.29 is 9.47 Å². The van der Waals surface area contributed by atoms with Crippen LogP contribution in [0.4, 0.5) is 0 Å². The van der Waals surface area contributed by atoms with Gasteiger partial charge in [-0.25, -0.2) is 0 Å². The van der Waals surface area contributed by atoms with Crippen molar-refractivity contribution in [3.63, 3.8) is 0 Å². The highest BCUT2D eigenvalue weighted by molar-refractivity contribution is 5.22. The highest BCUT2D eigenvalue weighted by Crippen LogP contribution is 2.20. The Morgan fingerprint density at radius 2 is 2.33 bits per heavy atom. The zero-order chi connectivity index (χ0) is 12.2. The molecule has 1 unspecified atom stereocenters. The molecule has 3 rings (SSSR count). The van der Waals surface area contributed by atoms with E-state index in [1.54, 1.807) is 0 Å². The third-order valence-corrected chi connectivity index (χ3v) is 3.40. The Bertz CT molecular complexity index is 387. The number of nitrogens with one attached hydrogen (secondary N) is 1. The fourth-order valence-electron chi connectivity index (χ4n) is 2.14. The van der Waals surface area contributed by atoms with Gasteiger partial charge in [-0.05, 0) is 31.7 Å². The van der Waals surface area contributed by atoms with Gasteiger partial charge in [-0.3, -0.25) is 4.98 Å². The van der Waals surface area contributed by atoms with E-state index in [1.165, 1.54) is 12.8 Å². The standard InChI is InChI=1S/C14H20N2O2/c1-2-14(17-7-1)10-18-13-5-6-15-12(8-13)9-16-11-3-4-11/h5-6,8,11,14,16H,1-4,7,9-10H2. The summed E-state index contributed by atoms with van der Waals surface area (Å²) in [6.07, 6.45) is 6.95. The smallest absolute Gasteiger partial charge is 0.122 e. The zero-order valence-electron chi connectivity index (χ0n) is 10.6. The van der Waals surface area contributed by atoms with Gasteiger partial charge in [0.05, 0.1) is 11.8 Å². The van der Waals surface area contributed by atoms with Crippen LogP contribution in [-0.4, -0.2) is 30.3 Å². The van der Waals surface area contributed by atoms with E-state index in [0.29, 0.717) is 12.6 Å². The maximum Gasteiger partial charge on any atom is 0.122 e. The van der Waals surface area contributed by atoms with Gasteiger partial charge < -0.3 is 14.8 Å². The molecular formula is C14H20N2O2. The van der Waals surface area contributed by atoms with Crippen molar-refractivity contribution in [1.82, 2.24) is 10.3 Å². The summed E-state index contributed by atoms with van der Waals surface area (Å²) in [5.41, 5.74) is 1.05. The maximum absolute atomic E-state index is 5.76. The van der Waals surface area contributed by atoms with Crippen LogP contribution in [0.25, 0.3) is 0 Å². The van der Waals surface area contributed by atoms with Gasteiger partial charge in [0.15, 0.2) is 0 Å². The van der Waals surface area contributed by atoms with Gasteiger partial charge in [0, 0.05) is 31.5 Å². The molecule has 1 saturated carbocycles. The van der Waals surface area contributed by atoms with E-state index >= 15 is 0 Å². The second-order valence-electron chi connectivity index (χ2n) is 5.08. The minimum atomic E-state index is 0.270. The van der Waals surface area contributed by atoms with Crippen LogP contribution in [0.15, 0.2) is 18.3 Å². The Morgan fingerprint density at radius 1 is 1.39 bits per heavy atom. The topological polar surface area (TPSA) is 43.4 Å². The molecule has 4 heteroatoms. The summed E-state index contributed by atoms with van der Waals surface area (Å²) < 4.78 is 11.3. The Morgan fingerprint density at radius 3 is 3.11 bits per heavy atom. The largest absolute Gasteiger partial charge is 0.491 e. The number of rotatable bonds is 6. The summed E-state index contributed by atoms with van der Waals surface area (Å²) in [5, 5.41) is 3.45. The molecule has 2 fully saturated rings. The van der Waals surface area contributed by atoms with E-state index in [1.807, 2.05) is 18.3 Å². The van der Waals surface area contributed by atoms with Crippen LogP contribution in [0, 0.1) is 0 Å². The quantitative estimate of drug-likeness (QED) is 0.835. The predicted molar refractivity (Wildman–Crippen MR) is 68.6 cm³/mol. The lowest BCUT2D eigenvalue weighted by Crippen LogP contribution is -2.17. The van der Waals surface area contributed by atoms with Gasteiger partial charge in [-0.1, -0.05) is 0 Å². The molecule has 1 atom stereocenters. The third kappa shape index (κ3) is 3.43. The molecule has 0 amide bonds. The highest BCUT2D eigenvalue weighted by Gasteiger charge is 2.20. The summed E-state index contributed by atoms with van der Waals surface area (Å²) in [5.74, 6) is 0.896. The molecule has 0 radical (unpaired) electrons. The van der Waals surface area contributed by atoms with Crippen molar-refractivity contribution in [2.75, 3.05) is 13.2 Å². The van der Waals surface area contributed by atoms with Crippen LogP contribution in [-0.2, 0) is 11.3 Å². The summed E-state index contributed by atoms with van der Waals surface area (Å²) in [6, 6.07) is 4.64. The van der Waals surface area contributed by atoms with Crippen LogP contribution in [0.2, 0.25) is 0 Å². The van der Waals surface area contributed by atoms with Crippen molar-refractivity contribution in [2.45, 2.75) is 44.4 Å². The average molecular weight is 248 g/mol. The zero-order valence-corrected chi connectivity index (χ0v) is 10.6. The summed E-state index contributed by atoms with van der Waals surface area (Å²) >= 11 is 0. The molecule has 1 aromatic rings. The molecule has 1 aromatic heterocycles. The van der Waals surface area contributed by atoms with Crippen LogP contribution in [0.1, 0.15) is 31.4 Å². The number of aromatic nitrogens is 1. The van der Waals surface area contributed by atoms with Gasteiger partial charge in [0.1, 0.15) is 12.4 Å². The first-order valence-corrected chi connectivity index (χ1v) is 6.83. The van der Waals surface area contributed by atoms with Crippen molar-refractivity contribution in [3.8, 4) is 5.75 Å². The minimum absolute atomic E-state index is 0.270. The molecular weight excluding hydrogens is 228 g/mol. The summed E-state index contributed by atoms with van der Waals surface area (Å²) in [7, 11) is 0. The second kappa shape index (κ2) is 5.67. The van der Waals surface area contributed by atoms with Crippen molar-refractivity contribution in [3.05, 3.63) is 24.0 Å². The molecule has 18 heavy (non-hydrogen) atoms. The first kappa shape index (κ1) is 11.9. The lowest BCUT2D eigenvalue weighted by molar-refractivity contribution is 0.0679. The fourth-order valence-corrected chi connectivity index (χ4v) is 2.14. The van der Waals surface area contributed by atoms with E-state index < -0.39 is 0 Å². The van der Waals surface area contributed by atoms with E-state index in [2.05, 4.69) is 10.3 Å². The van der Waals surface area contributed by atoms with Crippen molar-refractivity contribution in [1.29, 1.82) is 0 Å². The first-order valence-electron chi connectivity index (χ1n) is 6.83. The SMILES string of the molecule is c1cc(OCC2CCCO2)cc(CNC2CC2)n1. The number of pyridine rings is 1. The fraction of sp³-hybridized carbons (Fsp3) is 0.643. The van der Waals surface area contributed by atoms with Gasteiger partial charge >= 0.3 is 0 Å². The molecule has 4 nitrogen and oxygen atoms in total. The number of nitrogens with zero attached hydrogens (tertiary/aromatic N) is 1. The molecule has 1 aliphatic heterocycles. The Balaban J connectivity index is 1.49. The number of ether oxygens (including phenoxy) is 2. The van der Waals surface area contributed by atoms with Crippen molar-refractivity contribution in [2.24, 2.45) is 0 Å². The molecule has 1 N–H and O–H groups in total. The van der Waals surface area contributed by atoms with E-state index in [0.717, 1.165) is 37.4 Å². The molecule has 1 aliphatic carbocycles. The van der Waals surface area contributed by atoms with Gasteiger partial charge in [-0.15, -0.1) is 0 Å². The highest BCUT2D eigenvalue weighted by atomic mass is 16.5. The summed E-state index contributed by atoms with van der Waals surface area (Å²) in [4.78, 5) is 4.35. The van der Waals surface area contributed by atoms with Gasteiger partial charge in [-0.2, -0.15) is 0 Å².